The molecule has 1 saturated heterocycles. The normalized spacial score (nSPS) is 19.4. The number of alkyl halides is 3. The first kappa shape index (κ1) is 22.9. The maximum absolute atomic E-state index is 14.1. The Morgan fingerprint density at radius 3 is 2.59 bits per heavy atom. The number of rotatable bonds is 4. The Kier molecular flexibility index (Phi) is 5.02. The second-order valence-electron chi connectivity index (χ2n) is 10.2. The number of hydrogen-bond acceptors (Lipinski definition) is 6. The molecule has 1 spiro atoms. The van der Waals surface area contributed by atoms with Crippen LogP contribution in [0.1, 0.15) is 54.9 Å². The zero-order valence-corrected chi connectivity index (χ0v) is 20.5. The molecule has 5 nitrogen and oxygen atoms in total. The van der Waals surface area contributed by atoms with E-state index < -0.39 is 11.7 Å². The molecule has 4 aromatic rings. The second kappa shape index (κ2) is 8.11. The fourth-order valence-electron chi connectivity index (χ4n) is 5.63. The summed E-state index contributed by atoms with van der Waals surface area (Å²) in [5.41, 5.74) is 1.56. The van der Waals surface area contributed by atoms with Crippen LogP contribution in [0.25, 0.3) is 27.0 Å². The Hall–Kier alpha value is -3.27. The average Bonchev–Trinajstić information content (AvgIpc) is 3.45. The molecule has 0 atom stereocenters. The van der Waals surface area contributed by atoms with Gasteiger partial charge in [-0.05, 0) is 61.3 Å². The number of aromatic nitrogens is 3. The molecule has 0 bridgehead atoms. The van der Waals surface area contributed by atoms with Gasteiger partial charge in [-0.2, -0.15) is 13.2 Å². The summed E-state index contributed by atoms with van der Waals surface area (Å²) in [5, 5.41) is 4.96. The monoisotopic (exact) mass is 526 g/mol. The third-order valence-corrected chi connectivity index (χ3v) is 8.86. The molecule has 0 radical (unpaired) electrons. The number of thiazole rings is 1. The Labute approximate surface area is 213 Å². The summed E-state index contributed by atoms with van der Waals surface area (Å²) in [4.78, 5) is 10.7. The van der Waals surface area contributed by atoms with Crippen molar-refractivity contribution in [2.75, 3.05) is 18.0 Å². The highest BCUT2D eigenvalue weighted by Crippen LogP contribution is 2.56. The van der Waals surface area contributed by atoms with Gasteiger partial charge in [-0.15, -0.1) is 0 Å². The summed E-state index contributed by atoms with van der Waals surface area (Å²) in [7, 11) is 0. The summed E-state index contributed by atoms with van der Waals surface area (Å²) in [6.07, 6.45) is 4.56. The van der Waals surface area contributed by atoms with Gasteiger partial charge in [-0.1, -0.05) is 28.6 Å². The summed E-state index contributed by atoms with van der Waals surface area (Å²) in [6.45, 7) is 1.58. The highest BCUT2D eigenvalue weighted by molar-refractivity contribution is 7.22. The van der Waals surface area contributed by atoms with Crippen LogP contribution in [0.2, 0.25) is 0 Å². The molecule has 0 unspecified atom stereocenters. The predicted octanol–water partition coefficient (Wildman–Crippen LogP) is 7.46. The lowest BCUT2D eigenvalue weighted by atomic mass is 9.63. The van der Waals surface area contributed by atoms with Crippen molar-refractivity contribution in [3.63, 3.8) is 0 Å². The number of piperidine rings is 1. The van der Waals surface area contributed by atoms with E-state index in [1.165, 1.54) is 23.6 Å². The van der Waals surface area contributed by atoms with Crippen molar-refractivity contribution < 1.29 is 22.1 Å². The largest absolute Gasteiger partial charge is 0.417 e. The number of nitrogens with zero attached hydrogens (tertiary/aromatic N) is 4. The van der Waals surface area contributed by atoms with E-state index in [0.717, 1.165) is 78.4 Å². The van der Waals surface area contributed by atoms with Gasteiger partial charge in [0.2, 0.25) is 0 Å². The van der Waals surface area contributed by atoms with Crippen LogP contribution < -0.4 is 4.90 Å². The Balaban J connectivity index is 1.17. The molecule has 1 aliphatic heterocycles. The van der Waals surface area contributed by atoms with E-state index in [1.54, 1.807) is 6.07 Å². The summed E-state index contributed by atoms with van der Waals surface area (Å²) in [5.74, 6) is 0.598. The number of benzene rings is 1. The fourth-order valence-corrected chi connectivity index (χ4v) is 6.67. The predicted molar refractivity (Wildman–Crippen MR) is 133 cm³/mol. The third kappa shape index (κ3) is 3.84. The lowest BCUT2D eigenvalue weighted by Gasteiger charge is -2.46. The van der Waals surface area contributed by atoms with Crippen molar-refractivity contribution in [2.24, 2.45) is 5.41 Å². The molecule has 3 aromatic heterocycles. The number of halogens is 4. The molecule has 2 aliphatic carbocycles. The van der Waals surface area contributed by atoms with Crippen molar-refractivity contribution in [1.82, 2.24) is 15.1 Å². The first-order valence-corrected chi connectivity index (χ1v) is 13.2. The Bertz CT molecular complexity index is 1540. The van der Waals surface area contributed by atoms with E-state index in [2.05, 4.69) is 26.1 Å². The standard InChI is InChI=1S/C27H22F4N4OS/c28-19-2-1-3-20-23(19)33-25(37-20)35-10-7-26(8-11-35)12-16(13-26)21-22(34-36-24(21)15-4-5-15)17-14-32-9-6-18(17)27(29,30)31/h1-3,6,9,12,14-15H,4-5,7-8,10-11,13H2. The molecular weight excluding hydrogens is 504 g/mol. The molecule has 1 aromatic carbocycles. The van der Waals surface area contributed by atoms with Crippen molar-refractivity contribution in [1.29, 1.82) is 0 Å². The lowest BCUT2D eigenvalue weighted by molar-refractivity contribution is -0.137. The van der Waals surface area contributed by atoms with E-state index >= 15 is 0 Å². The summed E-state index contributed by atoms with van der Waals surface area (Å²) >= 11 is 1.50. The highest BCUT2D eigenvalue weighted by atomic mass is 32.1. The number of fused-ring (bicyclic) bond motifs is 1. The first-order chi connectivity index (χ1) is 17.8. The minimum absolute atomic E-state index is 0.00901. The number of anilines is 1. The highest BCUT2D eigenvalue weighted by Gasteiger charge is 2.45. The lowest BCUT2D eigenvalue weighted by Crippen LogP contribution is -2.42. The van der Waals surface area contributed by atoms with Gasteiger partial charge in [0.25, 0.3) is 0 Å². The zero-order chi connectivity index (χ0) is 25.4. The van der Waals surface area contributed by atoms with Crippen LogP contribution in [-0.2, 0) is 6.18 Å². The molecule has 10 heteroatoms. The number of allylic oxidation sites excluding steroid dienone is 2. The molecule has 7 rings (SSSR count). The van der Waals surface area contributed by atoms with Crippen molar-refractivity contribution in [3.05, 3.63) is 65.4 Å². The molecule has 0 N–H and O–H groups in total. The van der Waals surface area contributed by atoms with Gasteiger partial charge >= 0.3 is 6.18 Å². The quantitative estimate of drug-likeness (QED) is 0.259. The molecule has 3 aliphatic rings. The van der Waals surface area contributed by atoms with Crippen molar-refractivity contribution in [3.8, 4) is 11.3 Å². The van der Waals surface area contributed by atoms with Crippen LogP contribution in [0.5, 0.6) is 0 Å². The van der Waals surface area contributed by atoms with E-state index in [0.29, 0.717) is 11.3 Å². The molecule has 2 fully saturated rings. The molecule has 4 heterocycles. The summed E-state index contributed by atoms with van der Waals surface area (Å²) < 4.78 is 61.9. The number of para-hydroxylation sites is 1. The number of pyridine rings is 1. The van der Waals surface area contributed by atoms with Crippen LogP contribution >= 0.6 is 11.3 Å². The van der Waals surface area contributed by atoms with Crippen LogP contribution in [0.4, 0.5) is 22.7 Å². The van der Waals surface area contributed by atoms with E-state index in [9.17, 15) is 17.6 Å². The first-order valence-electron chi connectivity index (χ1n) is 12.3. The van der Waals surface area contributed by atoms with Gasteiger partial charge < -0.3 is 9.42 Å². The smallest absolute Gasteiger partial charge is 0.360 e. The van der Waals surface area contributed by atoms with Crippen molar-refractivity contribution >= 4 is 32.3 Å². The van der Waals surface area contributed by atoms with Crippen molar-refractivity contribution in [2.45, 2.75) is 44.2 Å². The van der Waals surface area contributed by atoms with Gasteiger partial charge in [-0.25, -0.2) is 9.37 Å². The summed E-state index contributed by atoms with van der Waals surface area (Å²) in [6, 6.07) is 6.00. The molecule has 190 valence electrons. The molecular formula is C27H22F4N4OS. The maximum atomic E-state index is 14.1. The third-order valence-electron chi connectivity index (χ3n) is 7.78. The molecule has 1 saturated carbocycles. The Morgan fingerprint density at radius 1 is 1.11 bits per heavy atom. The molecule has 37 heavy (non-hydrogen) atoms. The second-order valence-corrected chi connectivity index (χ2v) is 11.3. The topological polar surface area (TPSA) is 55.1 Å². The zero-order valence-electron chi connectivity index (χ0n) is 19.7. The maximum Gasteiger partial charge on any atom is 0.417 e. The fraction of sp³-hybridized carbons (Fsp3) is 0.370. The van der Waals surface area contributed by atoms with Gasteiger partial charge in [0.15, 0.2) is 5.13 Å². The SMILES string of the molecule is Fc1cccc2sc(N3CCC4(C=C(c5c(-c6cnccc6C(F)(F)F)noc5C5CC5)C4)CC3)nc12. The van der Waals surface area contributed by atoms with Gasteiger partial charge in [0.05, 0.1) is 10.3 Å². The van der Waals surface area contributed by atoms with Gasteiger partial charge in [-0.3, -0.25) is 4.98 Å². The minimum Gasteiger partial charge on any atom is -0.360 e. The average molecular weight is 527 g/mol. The van der Waals surface area contributed by atoms with Gasteiger partial charge in [0.1, 0.15) is 22.8 Å². The van der Waals surface area contributed by atoms with Gasteiger partial charge in [0, 0.05) is 42.5 Å². The molecule has 0 amide bonds. The Morgan fingerprint density at radius 2 is 1.89 bits per heavy atom. The van der Waals surface area contributed by atoms with Crippen LogP contribution in [0.15, 0.2) is 47.3 Å². The van der Waals surface area contributed by atoms with Crippen LogP contribution in [0, 0.1) is 11.2 Å². The minimum atomic E-state index is -4.51. The van der Waals surface area contributed by atoms with Crippen LogP contribution in [0.3, 0.4) is 0 Å². The van der Waals surface area contributed by atoms with Crippen LogP contribution in [-0.4, -0.2) is 28.2 Å². The van der Waals surface area contributed by atoms with E-state index in [-0.39, 0.29) is 28.4 Å². The number of hydrogen-bond donors (Lipinski definition) is 0. The van der Waals surface area contributed by atoms with E-state index in [4.69, 9.17) is 4.52 Å². The van der Waals surface area contributed by atoms with E-state index in [1.807, 2.05) is 6.07 Å².